The molecule has 0 aliphatic heterocycles. The fourth-order valence-electron chi connectivity index (χ4n) is 4.42. The van der Waals surface area contributed by atoms with Crippen LogP contribution in [0.15, 0.2) is 66.7 Å². The minimum Gasteiger partial charge on any atom is -0.505 e. The van der Waals surface area contributed by atoms with Crippen LogP contribution in [0, 0.1) is 17.5 Å². The molecule has 200 valence electrons. The summed E-state index contributed by atoms with van der Waals surface area (Å²) in [6.45, 7) is 8.49. The Kier molecular flexibility index (Phi) is 9.78. The van der Waals surface area contributed by atoms with Gasteiger partial charge in [-0.05, 0) is 67.2 Å². The van der Waals surface area contributed by atoms with Gasteiger partial charge in [0.25, 0.3) is 0 Å². The summed E-state index contributed by atoms with van der Waals surface area (Å²) in [5, 5.41) is 9.33. The highest BCUT2D eigenvalue weighted by Crippen LogP contribution is 2.42. The van der Waals surface area contributed by atoms with Crippen LogP contribution >= 0.6 is 0 Å². The molecule has 37 heavy (non-hydrogen) atoms. The van der Waals surface area contributed by atoms with E-state index in [2.05, 4.69) is 13.2 Å². The summed E-state index contributed by atoms with van der Waals surface area (Å²) in [5.74, 6) is -7.44. The Morgan fingerprint density at radius 1 is 0.892 bits per heavy atom. The zero-order valence-corrected chi connectivity index (χ0v) is 20.8. The van der Waals surface area contributed by atoms with Gasteiger partial charge in [0.15, 0.2) is 23.1 Å². The summed E-state index contributed by atoms with van der Waals surface area (Å²) in [7, 11) is 0. The summed E-state index contributed by atoms with van der Waals surface area (Å²) in [6.07, 6.45) is 3.96. The van der Waals surface area contributed by atoms with Crippen molar-refractivity contribution in [2.45, 2.75) is 63.9 Å². The van der Waals surface area contributed by atoms with Crippen LogP contribution in [0.4, 0.5) is 22.0 Å². The highest BCUT2D eigenvalue weighted by atomic mass is 19.2. The molecule has 1 N–H and O–H groups in total. The van der Waals surface area contributed by atoms with Crippen LogP contribution in [0.1, 0.15) is 74.0 Å². The second-order valence-electron chi connectivity index (χ2n) is 9.17. The molecule has 0 saturated heterocycles. The fraction of sp³-hybridized carbons (Fsp3) is 0.379. The molecular weight excluding hydrogens is 491 g/mol. The van der Waals surface area contributed by atoms with Gasteiger partial charge >= 0.3 is 0 Å². The highest BCUT2D eigenvalue weighted by molar-refractivity contribution is 5.34. The lowest BCUT2D eigenvalue weighted by Gasteiger charge is -2.29. The number of halogens is 5. The minimum absolute atomic E-state index is 0.0360. The summed E-state index contributed by atoms with van der Waals surface area (Å²) in [6, 6.07) is 7.19. The molecule has 0 spiro atoms. The molecule has 1 aliphatic rings. The Bertz CT molecular complexity index is 1170. The second kappa shape index (κ2) is 12.8. The molecule has 1 fully saturated rings. The topological polar surface area (TPSA) is 38.7 Å². The van der Waals surface area contributed by atoms with Crippen molar-refractivity contribution in [3.05, 3.63) is 101 Å². The molecule has 0 unspecified atom stereocenters. The van der Waals surface area contributed by atoms with E-state index in [1.165, 1.54) is 18.2 Å². The third-order valence-electron chi connectivity index (χ3n) is 6.67. The van der Waals surface area contributed by atoms with Crippen molar-refractivity contribution in [1.29, 1.82) is 0 Å². The maximum Gasteiger partial charge on any atom is 0.203 e. The maximum absolute atomic E-state index is 14.8. The monoisotopic (exact) mass is 522 g/mol. The molecule has 1 aliphatic carbocycles. The number of benzene rings is 2. The van der Waals surface area contributed by atoms with Crippen molar-refractivity contribution >= 4 is 0 Å². The summed E-state index contributed by atoms with van der Waals surface area (Å²) >= 11 is 0. The first kappa shape index (κ1) is 28.3. The number of unbranched alkanes of at least 4 members (excludes halogenated alkanes) is 1. The lowest BCUT2D eigenvalue weighted by atomic mass is 9.76. The average molecular weight is 523 g/mol. The number of hydrogen-bond acceptors (Lipinski definition) is 3. The van der Waals surface area contributed by atoms with Gasteiger partial charge in [-0.2, -0.15) is 13.2 Å². The van der Waals surface area contributed by atoms with E-state index in [1.807, 2.05) is 6.92 Å². The molecular formula is C29H31F5O3. The van der Waals surface area contributed by atoms with Crippen LogP contribution < -0.4 is 0 Å². The molecule has 0 heterocycles. The smallest absolute Gasteiger partial charge is 0.203 e. The third kappa shape index (κ3) is 6.93. The van der Waals surface area contributed by atoms with Crippen LogP contribution in [0.5, 0.6) is 5.75 Å². The van der Waals surface area contributed by atoms with Crippen molar-refractivity contribution in [2.24, 2.45) is 0 Å². The van der Waals surface area contributed by atoms with Gasteiger partial charge in [-0.3, -0.25) is 0 Å². The summed E-state index contributed by atoms with van der Waals surface area (Å²) < 4.78 is 81.3. The van der Waals surface area contributed by atoms with E-state index in [0.29, 0.717) is 32.1 Å². The molecule has 3 rings (SSSR count). The second-order valence-corrected chi connectivity index (χ2v) is 9.17. The zero-order valence-electron chi connectivity index (χ0n) is 20.8. The van der Waals surface area contributed by atoms with E-state index in [-0.39, 0.29) is 36.2 Å². The molecule has 0 bridgehead atoms. The molecule has 2 aromatic rings. The van der Waals surface area contributed by atoms with E-state index in [1.54, 1.807) is 6.07 Å². The Hall–Kier alpha value is -3.29. The van der Waals surface area contributed by atoms with Crippen molar-refractivity contribution < 1.29 is 36.5 Å². The number of allylic oxidation sites excluding steroid dienone is 2. The lowest BCUT2D eigenvalue weighted by molar-refractivity contribution is 0.182. The van der Waals surface area contributed by atoms with Crippen LogP contribution in [0.2, 0.25) is 0 Å². The summed E-state index contributed by atoms with van der Waals surface area (Å²) in [4.78, 5) is 0. The van der Waals surface area contributed by atoms with E-state index in [4.69, 9.17) is 9.47 Å². The Morgan fingerprint density at radius 2 is 1.51 bits per heavy atom. The van der Waals surface area contributed by atoms with Crippen LogP contribution in [0.3, 0.4) is 0 Å². The SMILES string of the molecule is C=C(OCCCC)/C(F)=C(/F)C(=C)OCc1ccc(C2CCC(c3ccc(O)c(F)c3F)CC2)cc1F. The minimum atomic E-state index is -1.36. The molecule has 3 nitrogen and oxygen atoms in total. The Morgan fingerprint density at radius 3 is 2.14 bits per heavy atom. The zero-order chi connectivity index (χ0) is 27.1. The van der Waals surface area contributed by atoms with Gasteiger partial charge in [0, 0.05) is 5.56 Å². The predicted molar refractivity (Wildman–Crippen MR) is 132 cm³/mol. The van der Waals surface area contributed by atoms with Gasteiger partial charge in [-0.25, -0.2) is 8.78 Å². The van der Waals surface area contributed by atoms with E-state index >= 15 is 0 Å². The van der Waals surface area contributed by atoms with E-state index < -0.39 is 46.4 Å². The predicted octanol–water partition coefficient (Wildman–Crippen LogP) is 8.76. The Balaban J connectivity index is 1.57. The van der Waals surface area contributed by atoms with Gasteiger partial charge < -0.3 is 14.6 Å². The normalized spacial score (nSPS) is 18.2. The van der Waals surface area contributed by atoms with Crippen LogP contribution in [-0.4, -0.2) is 11.7 Å². The first-order valence-corrected chi connectivity index (χ1v) is 12.3. The van der Waals surface area contributed by atoms with Crippen molar-refractivity contribution in [1.82, 2.24) is 0 Å². The number of ether oxygens (including phenoxy) is 2. The fourth-order valence-corrected chi connectivity index (χ4v) is 4.42. The van der Waals surface area contributed by atoms with E-state index in [0.717, 1.165) is 18.1 Å². The lowest BCUT2D eigenvalue weighted by Crippen LogP contribution is -2.14. The number of phenolic OH excluding ortho intramolecular Hbond substituents is 1. The summed E-state index contributed by atoms with van der Waals surface area (Å²) in [5.41, 5.74) is 1.14. The van der Waals surface area contributed by atoms with Crippen molar-refractivity contribution in [2.75, 3.05) is 6.61 Å². The number of phenols is 1. The van der Waals surface area contributed by atoms with Gasteiger partial charge in [-0.15, -0.1) is 0 Å². The van der Waals surface area contributed by atoms with Crippen molar-refractivity contribution in [3.8, 4) is 5.75 Å². The molecule has 1 saturated carbocycles. The standard InChI is InChI=1S/C29H31F5O3/c1-4-5-14-36-17(2)26(31)27(32)18(3)37-16-22-11-10-21(15-24(22)30)19-6-8-20(9-7-19)23-12-13-25(35)29(34)28(23)33/h10-13,15,19-20,35H,2-9,14,16H2,1H3/b27-26-. The molecule has 8 heteroatoms. The number of rotatable bonds is 11. The quantitative estimate of drug-likeness (QED) is 0.139. The highest BCUT2D eigenvalue weighted by Gasteiger charge is 2.27. The molecule has 0 amide bonds. The van der Waals surface area contributed by atoms with Gasteiger partial charge in [0.2, 0.25) is 17.5 Å². The first-order chi connectivity index (χ1) is 17.6. The number of aromatic hydroxyl groups is 1. The Labute approximate surface area is 213 Å². The third-order valence-corrected chi connectivity index (χ3v) is 6.67. The first-order valence-electron chi connectivity index (χ1n) is 12.3. The molecule has 0 radical (unpaired) electrons. The molecule has 0 aromatic heterocycles. The molecule has 0 atom stereocenters. The molecule has 2 aromatic carbocycles. The van der Waals surface area contributed by atoms with Gasteiger partial charge in [-0.1, -0.05) is 44.7 Å². The average Bonchev–Trinajstić information content (AvgIpc) is 2.90. The van der Waals surface area contributed by atoms with Crippen molar-refractivity contribution in [3.63, 3.8) is 0 Å². The van der Waals surface area contributed by atoms with Gasteiger partial charge in [0.05, 0.1) is 6.61 Å². The van der Waals surface area contributed by atoms with Crippen LogP contribution in [-0.2, 0) is 16.1 Å². The van der Waals surface area contributed by atoms with Crippen LogP contribution in [0.25, 0.3) is 0 Å². The largest absolute Gasteiger partial charge is 0.505 e. The maximum atomic E-state index is 14.8. The van der Waals surface area contributed by atoms with E-state index in [9.17, 15) is 27.1 Å². The number of hydrogen-bond donors (Lipinski definition) is 1. The van der Waals surface area contributed by atoms with Gasteiger partial charge in [0.1, 0.15) is 12.4 Å².